The van der Waals surface area contributed by atoms with Crippen LogP contribution in [0.25, 0.3) is 0 Å². The van der Waals surface area contributed by atoms with Crippen molar-refractivity contribution in [1.82, 2.24) is 0 Å². The van der Waals surface area contributed by atoms with Crippen molar-refractivity contribution >= 4 is 33.2 Å². The molecule has 1 N–H and O–H groups in total. The van der Waals surface area contributed by atoms with Crippen LogP contribution >= 0.6 is 27.5 Å². The largest absolute Gasteiger partial charge is 0.491 e. The third-order valence-electron chi connectivity index (χ3n) is 4.65. The minimum Gasteiger partial charge on any atom is -0.491 e. The Hall–Kier alpha value is -0.670. The molecule has 1 aromatic carbocycles. The first kappa shape index (κ1) is 15.2. The molecule has 4 unspecified atom stereocenters. The molecular weight excluding hydrogens is 350 g/mol. The highest BCUT2D eigenvalue weighted by Gasteiger charge is 2.38. The molecular formula is C17H21BrClNO. The average Bonchev–Trinajstić information content (AvgIpc) is 3.05. The minimum absolute atomic E-state index is 0.412. The molecule has 0 radical (unpaired) electrons. The van der Waals surface area contributed by atoms with Crippen LogP contribution in [0.15, 0.2) is 28.8 Å². The summed E-state index contributed by atoms with van der Waals surface area (Å²) in [7, 11) is 0. The number of ether oxygens (including phenoxy) is 1. The lowest BCUT2D eigenvalue weighted by molar-refractivity contribution is 0.337. The summed E-state index contributed by atoms with van der Waals surface area (Å²) in [5.74, 6) is 3.08. The molecule has 1 fully saturated rings. The topological polar surface area (TPSA) is 21.3 Å². The van der Waals surface area contributed by atoms with Crippen molar-refractivity contribution in [2.24, 2.45) is 17.8 Å². The second kappa shape index (κ2) is 6.21. The van der Waals surface area contributed by atoms with Gasteiger partial charge < -0.3 is 10.1 Å². The summed E-state index contributed by atoms with van der Waals surface area (Å²) < 4.78 is 6.67. The lowest BCUT2D eigenvalue weighted by Gasteiger charge is -2.28. The molecule has 2 nitrogen and oxygen atoms in total. The molecule has 0 saturated heterocycles. The Labute approximate surface area is 140 Å². The van der Waals surface area contributed by atoms with Gasteiger partial charge in [0.25, 0.3) is 0 Å². The Morgan fingerprint density at radius 2 is 2.19 bits per heavy atom. The first-order valence-electron chi connectivity index (χ1n) is 7.65. The van der Waals surface area contributed by atoms with Crippen LogP contribution in [0.1, 0.15) is 26.7 Å². The highest BCUT2D eigenvalue weighted by molar-refractivity contribution is 9.10. The first-order valence-corrected chi connectivity index (χ1v) is 8.82. The average molecular weight is 371 g/mol. The third kappa shape index (κ3) is 3.09. The van der Waals surface area contributed by atoms with E-state index in [2.05, 4.69) is 40.3 Å². The summed E-state index contributed by atoms with van der Waals surface area (Å²) in [5.41, 5.74) is 0.982. The highest BCUT2D eigenvalue weighted by Crippen LogP contribution is 2.46. The second-order valence-electron chi connectivity index (χ2n) is 6.07. The maximum atomic E-state index is 6.19. The Bertz CT molecular complexity index is 560. The Morgan fingerprint density at radius 3 is 2.81 bits per heavy atom. The number of benzene rings is 1. The van der Waals surface area contributed by atoms with Crippen molar-refractivity contribution in [2.45, 2.75) is 32.7 Å². The van der Waals surface area contributed by atoms with Gasteiger partial charge in [0.1, 0.15) is 0 Å². The Morgan fingerprint density at radius 1 is 1.38 bits per heavy atom. The number of rotatable bonds is 5. The van der Waals surface area contributed by atoms with E-state index in [4.69, 9.17) is 16.3 Å². The zero-order valence-corrected chi connectivity index (χ0v) is 14.7. The van der Waals surface area contributed by atoms with Gasteiger partial charge in [-0.15, -0.1) is 0 Å². The molecule has 2 aliphatic carbocycles. The molecule has 3 rings (SSSR count). The van der Waals surface area contributed by atoms with Crippen molar-refractivity contribution in [3.05, 3.63) is 33.8 Å². The molecule has 4 heteroatoms. The number of halogens is 2. The molecule has 4 atom stereocenters. The molecule has 114 valence electrons. The molecule has 1 aromatic rings. The van der Waals surface area contributed by atoms with E-state index in [-0.39, 0.29) is 0 Å². The van der Waals surface area contributed by atoms with Crippen LogP contribution in [0.5, 0.6) is 5.75 Å². The Balaban J connectivity index is 1.79. The van der Waals surface area contributed by atoms with E-state index in [1.807, 2.05) is 19.1 Å². The summed E-state index contributed by atoms with van der Waals surface area (Å²) in [6, 6.07) is 4.24. The number of nitrogens with one attached hydrogen (secondary N) is 1. The number of hydrogen-bond donors (Lipinski definition) is 1. The molecule has 0 spiro atoms. The summed E-state index contributed by atoms with van der Waals surface area (Å²) in [5, 5.41) is 4.35. The first-order chi connectivity index (χ1) is 10.1. The zero-order valence-electron chi connectivity index (χ0n) is 12.4. The van der Waals surface area contributed by atoms with Gasteiger partial charge in [-0.3, -0.25) is 0 Å². The van der Waals surface area contributed by atoms with Crippen molar-refractivity contribution in [3.8, 4) is 5.75 Å². The molecule has 2 aliphatic rings. The van der Waals surface area contributed by atoms with Crippen LogP contribution in [0.3, 0.4) is 0 Å². The Kier molecular flexibility index (Phi) is 4.51. The maximum Gasteiger partial charge on any atom is 0.156 e. The van der Waals surface area contributed by atoms with Gasteiger partial charge in [0.15, 0.2) is 5.75 Å². The van der Waals surface area contributed by atoms with Crippen LogP contribution < -0.4 is 10.1 Å². The number of anilines is 1. The molecule has 0 amide bonds. The minimum atomic E-state index is 0.412. The molecule has 21 heavy (non-hydrogen) atoms. The molecule has 0 heterocycles. The van der Waals surface area contributed by atoms with Crippen LogP contribution in [-0.4, -0.2) is 12.6 Å². The predicted molar refractivity (Wildman–Crippen MR) is 92.2 cm³/mol. The summed E-state index contributed by atoms with van der Waals surface area (Å²) in [6.45, 7) is 4.90. The zero-order chi connectivity index (χ0) is 15.0. The van der Waals surface area contributed by atoms with Gasteiger partial charge in [-0.25, -0.2) is 0 Å². The van der Waals surface area contributed by atoms with Gasteiger partial charge >= 0.3 is 0 Å². The lowest BCUT2D eigenvalue weighted by atomic mass is 9.87. The number of hydrogen-bond acceptors (Lipinski definition) is 2. The van der Waals surface area contributed by atoms with E-state index in [1.54, 1.807) is 0 Å². The van der Waals surface area contributed by atoms with E-state index < -0.39 is 0 Å². The van der Waals surface area contributed by atoms with Crippen LogP contribution in [0, 0.1) is 17.8 Å². The van der Waals surface area contributed by atoms with E-state index in [0.29, 0.717) is 23.6 Å². The molecule has 1 saturated carbocycles. The van der Waals surface area contributed by atoms with Crippen molar-refractivity contribution < 1.29 is 4.74 Å². The summed E-state index contributed by atoms with van der Waals surface area (Å²) in [6.07, 6.45) is 7.40. The van der Waals surface area contributed by atoms with E-state index in [1.165, 1.54) is 12.8 Å². The maximum absolute atomic E-state index is 6.19. The molecule has 0 aliphatic heterocycles. The number of allylic oxidation sites excluding steroid dienone is 2. The summed E-state index contributed by atoms with van der Waals surface area (Å²) in [4.78, 5) is 0. The molecule has 2 bridgehead atoms. The fourth-order valence-electron chi connectivity index (χ4n) is 3.71. The van der Waals surface area contributed by atoms with E-state index >= 15 is 0 Å². The fraction of sp³-hybridized carbons (Fsp3) is 0.529. The monoisotopic (exact) mass is 369 g/mol. The van der Waals surface area contributed by atoms with Gasteiger partial charge in [-0.05, 0) is 72.5 Å². The van der Waals surface area contributed by atoms with Gasteiger partial charge in [0.2, 0.25) is 0 Å². The van der Waals surface area contributed by atoms with Crippen molar-refractivity contribution in [2.75, 3.05) is 11.9 Å². The van der Waals surface area contributed by atoms with Crippen LogP contribution in [0.4, 0.5) is 5.69 Å². The summed E-state index contributed by atoms with van der Waals surface area (Å²) >= 11 is 9.74. The van der Waals surface area contributed by atoms with Gasteiger partial charge in [0.05, 0.1) is 16.8 Å². The van der Waals surface area contributed by atoms with Crippen molar-refractivity contribution in [3.63, 3.8) is 0 Å². The quantitative estimate of drug-likeness (QED) is 0.690. The third-order valence-corrected chi connectivity index (χ3v) is 5.46. The van der Waals surface area contributed by atoms with E-state index in [0.717, 1.165) is 27.7 Å². The van der Waals surface area contributed by atoms with Crippen LogP contribution in [-0.2, 0) is 0 Å². The van der Waals surface area contributed by atoms with Gasteiger partial charge in [-0.2, -0.15) is 0 Å². The second-order valence-corrected chi connectivity index (χ2v) is 7.37. The van der Waals surface area contributed by atoms with Gasteiger partial charge in [-0.1, -0.05) is 23.8 Å². The smallest absolute Gasteiger partial charge is 0.156 e. The van der Waals surface area contributed by atoms with Crippen LogP contribution in [0.2, 0.25) is 5.02 Å². The SMILES string of the molecule is CCOc1c(Br)cc(Cl)cc1NC(C)C1CC2C=CC1C2. The normalized spacial score (nSPS) is 27.9. The molecule has 0 aromatic heterocycles. The lowest BCUT2D eigenvalue weighted by Crippen LogP contribution is -2.29. The highest BCUT2D eigenvalue weighted by atomic mass is 79.9. The van der Waals surface area contributed by atoms with E-state index in [9.17, 15) is 0 Å². The van der Waals surface area contributed by atoms with Crippen molar-refractivity contribution in [1.29, 1.82) is 0 Å². The number of fused-ring (bicyclic) bond motifs is 2. The van der Waals surface area contributed by atoms with Gasteiger partial charge in [0, 0.05) is 11.1 Å². The predicted octanol–water partition coefficient (Wildman–Crippen LogP) is 5.51. The standard InChI is InChI=1S/C17H21BrClNO/c1-3-21-17-15(18)8-13(19)9-16(17)20-10(2)14-7-11-4-5-12(14)6-11/h4-5,8-12,14,20H,3,6-7H2,1-2H3. The fourth-order valence-corrected chi connectivity index (χ4v) is 4.63.